The molecule has 144 valence electrons. The fourth-order valence-corrected chi connectivity index (χ4v) is 4.47. The first-order chi connectivity index (χ1) is 13.7. The van der Waals surface area contributed by atoms with Crippen molar-refractivity contribution in [1.29, 1.82) is 0 Å². The largest absolute Gasteiger partial charge is 0.473 e. The van der Waals surface area contributed by atoms with Gasteiger partial charge in [-0.3, -0.25) is 0 Å². The van der Waals surface area contributed by atoms with Gasteiger partial charge in [0.05, 0.1) is 12.1 Å². The van der Waals surface area contributed by atoms with Crippen molar-refractivity contribution in [3.8, 4) is 5.75 Å². The van der Waals surface area contributed by atoms with Gasteiger partial charge < -0.3 is 14.1 Å². The van der Waals surface area contributed by atoms with Crippen LogP contribution in [0.5, 0.6) is 5.75 Å². The minimum atomic E-state index is -0.177. The second kappa shape index (κ2) is 6.69. The molecule has 0 saturated carbocycles. The molecular formula is C24H25NO3. The first-order valence-electron chi connectivity index (χ1n) is 10.2. The fraction of sp³-hybridized carbons (Fsp3) is 0.375. The van der Waals surface area contributed by atoms with Crippen molar-refractivity contribution in [2.75, 3.05) is 11.6 Å². The number of ether oxygens (including phenoxy) is 1. The number of hydrogen-bond donors (Lipinski definition) is 0. The van der Waals surface area contributed by atoms with Crippen molar-refractivity contribution in [3.63, 3.8) is 0 Å². The van der Waals surface area contributed by atoms with Crippen LogP contribution in [0.25, 0.3) is 11.0 Å². The third-order valence-corrected chi connectivity index (χ3v) is 6.37. The van der Waals surface area contributed by atoms with Crippen LogP contribution in [0.15, 0.2) is 45.6 Å². The lowest BCUT2D eigenvalue weighted by Crippen LogP contribution is -2.32. The SMILES string of the molecule is CC[C@H](C)c1ccc(N2COc3ccc4c5c(c(=O)oc4c3C2)CCC5)cc1. The van der Waals surface area contributed by atoms with Gasteiger partial charge >= 0.3 is 5.63 Å². The van der Waals surface area contributed by atoms with Crippen molar-refractivity contribution in [1.82, 2.24) is 0 Å². The Hall–Kier alpha value is -2.75. The molecule has 4 heteroatoms. The maximum atomic E-state index is 12.5. The van der Waals surface area contributed by atoms with Gasteiger partial charge in [0.1, 0.15) is 11.3 Å². The van der Waals surface area contributed by atoms with Crippen molar-refractivity contribution in [2.45, 2.75) is 52.0 Å². The summed E-state index contributed by atoms with van der Waals surface area (Å²) in [5.41, 5.74) is 6.01. The zero-order chi connectivity index (χ0) is 19.3. The van der Waals surface area contributed by atoms with E-state index in [0.29, 0.717) is 24.8 Å². The maximum absolute atomic E-state index is 12.5. The van der Waals surface area contributed by atoms with Gasteiger partial charge in [-0.1, -0.05) is 26.0 Å². The molecule has 2 heterocycles. The highest BCUT2D eigenvalue weighted by atomic mass is 16.5. The first-order valence-corrected chi connectivity index (χ1v) is 10.2. The summed E-state index contributed by atoms with van der Waals surface area (Å²) >= 11 is 0. The number of hydrogen-bond acceptors (Lipinski definition) is 4. The molecular weight excluding hydrogens is 350 g/mol. The zero-order valence-electron chi connectivity index (χ0n) is 16.5. The normalized spacial score (nSPS) is 16.6. The number of benzene rings is 2. The van der Waals surface area contributed by atoms with Crippen LogP contribution in [0.4, 0.5) is 5.69 Å². The summed E-state index contributed by atoms with van der Waals surface area (Å²) in [7, 11) is 0. The molecule has 0 spiro atoms. The molecule has 0 unspecified atom stereocenters. The van der Waals surface area contributed by atoms with Crippen LogP contribution in [0, 0.1) is 0 Å². The summed E-state index contributed by atoms with van der Waals surface area (Å²) in [6, 6.07) is 12.8. The highest BCUT2D eigenvalue weighted by Gasteiger charge is 2.26. The van der Waals surface area contributed by atoms with E-state index < -0.39 is 0 Å². The molecule has 1 aromatic heterocycles. The average molecular weight is 375 g/mol. The molecule has 2 aliphatic rings. The van der Waals surface area contributed by atoms with E-state index in [0.717, 1.165) is 53.6 Å². The minimum absolute atomic E-state index is 0.177. The second-order valence-corrected chi connectivity index (χ2v) is 7.99. The predicted octanol–water partition coefficient (Wildman–Crippen LogP) is 5.15. The van der Waals surface area contributed by atoms with E-state index in [2.05, 4.69) is 49.1 Å². The minimum Gasteiger partial charge on any atom is -0.473 e. The summed E-state index contributed by atoms with van der Waals surface area (Å²) in [5.74, 6) is 1.38. The van der Waals surface area contributed by atoms with Crippen LogP contribution in [-0.2, 0) is 19.4 Å². The highest BCUT2D eigenvalue weighted by molar-refractivity contribution is 5.87. The lowest BCUT2D eigenvalue weighted by atomic mass is 9.98. The molecule has 1 aliphatic carbocycles. The maximum Gasteiger partial charge on any atom is 0.339 e. The topological polar surface area (TPSA) is 42.7 Å². The molecule has 28 heavy (non-hydrogen) atoms. The summed E-state index contributed by atoms with van der Waals surface area (Å²) in [5, 5.41) is 1.07. The van der Waals surface area contributed by atoms with Crippen molar-refractivity contribution >= 4 is 16.7 Å². The molecule has 3 aromatic rings. The van der Waals surface area contributed by atoms with Crippen LogP contribution in [0.3, 0.4) is 0 Å². The number of nitrogens with zero attached hydrogens (tertiary/aromatic N) is 1. The Morgan fingerprint density at radius 2 is 1.82 bits per heavy atom. The third-order valence-electron chi connectivity index (χ3n) is 6.37. The van der Waals surface area contributed by atoms with Crippen molar-refractivity contribution < 1.29 is 9.15 Å². The second-order valence-electron chi connectivity index (χ2n) is 7.99. The molecule has 2 aromatic carbocycles. The molecule has 1 aliphatic heterocycles. The molecule has 0 bridgehead atoms. The zero-order valence-corrected chi connectivity index (χ0v) is 16.5. The third kappa shape index (κ3) is 2.70. The Labute approximate surface area is 164 Å². The van der Waals surface area contributed by atoms with E-state index >= 15 is 0 Å². The van der Waals surface area contributed by atoms with E-state index in [9.17, 15) is 4.79 Å². The fourth-order valence-electron chi connectivity index (χ4n) is 4.47. The number of aryl methyl sites for hydroxylation is 1. The molecule has 1 atom stereocenters. The Morgan fingerprint density at radius 1 is 1.04 bits per heavy atom. The number of fused-ring (bicyclic) bond motifs is 5. The first kappa shape index (κ1) is 17.4. The van der Waals surface area contributed by atoms with Crippen LogP contribution in [0.1, 0.15) is 54.9 Å². The van der Waals surface area contributed by atoms with Crippen molar-refractivity contribution in [2.24, 2.45) is 0 Å². The monoisotopic (exact) mass is 375 g/mol. The van der Waals surface area contributed by atoms with Crippen LogP contribution >= 0.6 is 0 Å². The highest BCUT2D eigenvalue weighted by Crippen LogP contribution is 2.37. The molecule has 0 fully saturated rings. The molecule has 0 N–H and O–H groups in total. The van der Waals surface area contributed by atoms with E-state index in [4.69, 9.17) is 9.15 Å². The summed E-state index contributed by atoms with van der Waals surface area (Å²) in [4.78, 5) is 14.7. The van der Waals surface area contributed by atoms with Gasteiger partial charge in [-0.05, 0) is 67.0 Å². The van der Waals surface area contributed by atoms with E-state index in [1.807, 2.05) is 6.07 Å². The van der Waals surface area contributed by atoms with Gasteiger partial charge in [0.2, 0.25) is 0 Å². The van der Waals surface area contributed by atoms with Gasteiger partial charge in [-0.25, -0.2) is 4.79 Å². The quantitative estimate of drug-likeness (QED) is 0.594. The van der Waals surface area contributed by atoms with E-state index in [1.165, 1.54) is 11.1 Å². The number of rotatable bonds is 3. The molecule has 0 radical (unpaired) electrons. The molecule has 5 rings (SSSR count). The Bertz CT molecular complexity index is 1100. The Balaban J connectivity index is 1.54. The molecule has 0 amide bonds. The standard InChI is InChI=1S/C24H25NO3/c1-3-15(2)16-7-9-17(10-8-16)25-13-21-22(27-14-25)12-11-19-18-5-4-6-20(18)24(26)28-23(19)21/h7-12,15H,3-6,13-14H2,1-2H3/t15-/m0/s1. The van der Waals surface area contributed by atoms with E-state index in [1.54, 1.807) is 0 Å². The van der Waals surface area contributed by atoms with Gasteiger partial charge in [-0.15, -0.1) is 0 Å². The Kier molecular flexibility index (Phi) is 4.15. The lowest BCUT2D eigenvalue weighted by Gasteiger charge is -2.31. The predicted molar refractivity (Wildman–Crippen MR) is 111 cm³/mol. The smallest absolute Gasteiger partial charge is 0.339 e. The average Bonchev–Trinajstić information content (AvgIpc) is 3.24. The van der Waals surface area contributed by atoms with Gasteiger partial charge in [0.25, 0.3) is 0 Å². The number of anilines is 1. The molecule has 0 saturated heterocycles. The molecule has 4 nitrogen and oxygen atoms in total. The van der Waals surface area contributed by atoms with E-state index in [-0.39, 0.29) is 5.63 Å². The summed E-state index contributed by atoms with van der Waals surface area (Å²) < 4.78 is 11.8. The van der Waals surface area contributed by atoms with Crippen molar-refractivity contribution in [3.05, 3.63) is 69.1 Å². The van der Waals surface area contributed by atoms with Gasteiger partial charge in [0, 0.05) is 16.6 Å². The summed E-state index contributed by atoms with van der Waals surface area (Å²) in [6.07, 6.45) is 3.95. The van der Waals surface area contributed by atoms with Crippen LogP contribution in [0.2, 0.25) is 0 Å². The Morgan fingerprint density at radius 3 is 2.61 bits per heavy atom. The van der Waals surface area contributed by atoms with Gasteiger partial charge in [0.15, 0.2) is 6.73 Å². The van der Waals surface area contributed by atoms with Gasteiger partial charge in [-0.2, -0.15) is 0 Å². The van der Waals surface area contributed by atoms with Crippen LogP contribution < -0.4 is 15.3 Å². The van der Waals surface area contributed by atoms with Crippen LogP contribution in [-0.4, -0.2) is 6.73 Å². The lowest BCUT2D eigenvalue weighted by molar-refractivity contribution is 0.289. The summed E-state index contributed by atoms with van der Waals surface area (Å²) in [6.45, 7) is 5.64.